The summed E-state index contributed by atoms with van der Waals surface area (Å²) in [4.78, 5) is 14.3. The third-order valence-corrected chi connectivity index (χ3v) is 3.72. The highest BCUT2D eigenvalue weighted by Crippen LogP contribution is 2.33. The number of nitrogens with one attached hydrogen (secondary N) is 2. The maximum absolute atomic E-state index is 12.9. The van der Waals surface area contributed by atoms with Gasteiger partial charge in [0.15, 0.2) is 0 Å². The van der Waals surface area contributed by atoms with E-state index in [0.717, 1.165) is 25.6 Å². The summed E-state index contributed by atoms with van der Waals surface area (Å²) in [6.07, 6.45) is -3.54. The van der Waals surface area contributed by atoms with Crippen molar-refractivity contribution in [2.45, 2.75) is 19.1 Å². The van der Waals surface area contributed by atoms with Crippen LogP contribution in [0.15, 0.2) is 23.0 Å². The van der Waals surface area contributed by atoms with Crippen LogP contribution >= 0.6 is 0 Å². The lowest BCUT2D eigenvalue weighted by molar-refractivity contribution is -0.136. The maximum Gasteiger partial charge on any atom is 0.418 e. The number of alkyl halides is 3. The monoisotopic (exact) mass is 285 g/mol. The molecule has 0 bridgehead atoms. The van der Waals surface area contributed by atoms with Crippen LogP contribution in [0, 0.1) is 5.92 Å². The van der Waals surface area contributed by atoms with Gasteiger partial charge < -0.3 is 10.3 Å². The molecule has 1 aromatic carbocycles. The molecule has 1 atom stereocenters. The van der Waals surface area contributed by atoms with Crippen LogP contribution in [0.4, 0.5) is 13.2 Å². The normalized spacial score (nSPS) is 19.9. The van der Waals surface area contributed by atoms with Crippen LogP contribution in [0.25, 0.3) is 11.0 Å². The van der Waals surface area contributed by atoms with E-state index in [1.807, 2.05) is 0 Å². The predicted molar refractivity (Wildman–Crippen MR) is 68.5 cm³/mol. The second kappa shape index (κ2) is 4.66. The van der Waals surface area contributed by atoms with Gasteiger partial charge in [0.05, 0.1) is 16.6 Å². The molecular formula is C13H14F3N3O. The van der Waals surface area contributed by atoms with Gasteiger partial charge in [0.2, 0.25) is 0 Å². The number of para-hydroxylation sites is 1. The Morgan fingerprint density at radius 3 is 2.80 bits per heavy atom. The molecule has 1 fully saturated rings. The number of halogens is 3. The Bertz CT molecular complexity index is 680. The number of aromatic amines is 1. The van der Waals surface area contributed by atoms with Crippen LogP contribution in [0.5, 0.6) is 0 Å². The Morgan fingerprint density at radius 1 is 1.35 bits per heavy atom. The summed E-state index contributed by atoms with van der Waals surface area (Å²) in [5, 5.41) is 3.18. The minimum atomic E-state index is -4.47. The third-order valence-electron chi connectivity index (χ3n) is 3.72. The van der Waals surface area contributed by atoms with Gasteiger partial charge in [0.1, 0.15) is 0 Å². The van der Waals surface area contributed by atoms with Gasteiger partial charge in [0.25, 0.3) is 0 Å². The Balaban J connectivity index is 2.09. The zero-order chi connectivity index (χ0) is 14.3. The van der Waals surface area contributed by atoms with Crippen molar-refractivity contribution < 1.29 is 13.2 Å². The Hall–Kier alpha value is -1.76. The molecule has 0 amide bonds. The number of hydrogen-bond donors (Lipinski definition) is 2. The highest BCUT2D eigenvalue weighted by Gasteiger charge is 2.34. The average molecular weight is 285 g/mol. The molecular weight excluding hydrogens is 271 g/mol. The number of H-pyrrole nitrogens is 1. The zero-order valence-electron chi connectivity index (χ0n) is 10.6. The molecule has 1 aromatic heterocycles. The molecule has 1 saturated heterocycles. The quantitative estimate of drug-likeness (QED) is 0.886. The van der Waals surface area contributed by atoms with Crippen molar-refractivity contribution in [3.8, 4) is 0 Å². The molecule has 108 valence electrons. The first-order valence-corrected chi connectivity index (χ1v) is 6.46. The van der Waals surface area contributed by atoms with Gasteiger partial charge in [-0.15, -0.1) is 0 Å². The number of hydrogen-bond acceptors (Lipinski definition) is 2. The van der Waals surface area contributed by atoms with E-state index in [9.17, 15) is 18.0 Å². The lowest BCUT2D eigenvalue weighted by Crippen LogP contribution is -2.22. The molecule has 7 heteroatoms. The van der Waals surface area contributed by atoms with Crippen molar-refractivity contribution in [3.63, 3.8) is 0 Å². The Labute approximate surface area is 112 Å². The van der Waals surface area contributed by atoms with Crippen LogP contribution in [-0.2, 0) is 12.7 Å². The first kappa shape index (κ1) is 13.2. The standard InChI is InChI=1S/C13H14F3N3O/c14-13(15,16)9-2-1-3-10-11(9)18-12(20)19(10)7-8-4-5-17-6-8/h1-3,8,17H,4-7H2,(H,18,20). The molecule has 0 saturated carbocycles. The smallest absolute Gasteiger partial charge is 0.316 e. The molecule has 1 aliphatic heterocycles. The molecule has 1 aliphatic rings. The van der Waals surface area contributed by atoms with E-state index in [1.54, 1.807) is 6.07 Å². The van der Waals surface area contributed by atoms with E-state index in [-0.39, 0.29) is 11.4 Å². The first-order valence-electron chi connectivity index (χ1n) is 6.46. The summed E-state index contributed by atoms with van der Waals surface area (Å²) in [5.74, 6) is 0.279. The maximum atomic E-state index is 12.9. The Kier molecular flexibility index (Phi) is 3.08. The second-order valence-corrected chi connectivity index (χ2v) is 5.10. The summed E-state index contributed by atoms with van der Waals surface area (Å²) in [6.45, 7) is 2.11. The van der Waals surface area contributed by atoms with Crippen molar-refractivity contribution in [3.05, 3.63) is 34.2 Å². The number of imidazole rings is 1. The fourth-order valence-electron chi connectivity index (χ4n) is 2.73. The molecule has 2 N–H and O–H groups in total. The number of aromatic nitrogens is 2. The van der Waals surface area contributed by atoms with Gasteiger partial charge in [-0.3, -0.25) is 4.57 Å². The van der Waals surface area contributed by atoms with E-state index in [1.165, 1.54) is 10.6 Å². The van der Waals surface area contributed by atoms with Crippen LogP contribution in [0.1, 0.15) is 12.0 Å². The molecule has 1 unspecified atom stereocenters. The largest absolute Gasteiger partial charge is 0.418 e. The van der Waals surface area contributed by atoms with Gasteiger partial charge in [-0.2, -0.15) is 13.2 Å². The van der Waals surface area contributed by atoms with Crippen molar-refractivity contribution in [2.75, 3.05) is 13.1 Å². The van der Waals surface area contributed by atoms with Crippen molar-refractivity contribution in [1.29, 1.82) is 0 Å². The predicted octanol–water partition coefficient (Wildman–Crippen LogP) is 1.96. The molecule has 4 nitrogen and oxygen atoms in total. The number of rotatable bonds is 2. The second-order valence-electron chi connectivity index (χ2n) is 5.10. The van der Waals surface area contributed by atoms with E-state index >= 15 is 0 Å². The minimum Gasteiger partial charge on any atom is -0.316 e. The average Bonchev–Trinajstić information content (AvgIpc) is 2.97. The van der Waals surface area contributed by atoms with Gasteiger partial charge in [-0.25, -0.2) is 4.79 Å². The van der Waals surface area contributed by atoms with Crippen LogP contribution in [0.2, 0.25) is 0 Å². The molecule has 20 heavy (non-hydrogen) atoms. The van der Waals surface area contributed by atoms with Crippen molar-refractivity contribution >= 4 is 11.0 Å². The van der Waals surface area contributed by atoms with E-state index in [4.69, 9.17) is 0 Å². The topological polar surface area (TPSA) is 49.8 Å². The van der Waals surface area contributed by atoms with Gasteiger partial charge >= 0.3 is 11.9 Å². The van der Waals surface area contributed by atoms with Crippen molar-refractivity contribution in [1.82, 2.24) is 14.9 Å². The number of fused-ring (bicyclic) bond motifs is 1. The minimum absolute atomic E-state index is 0.129. The fraction of sp³-hybridized carbons (Fsp3) is 0.462. The molecule has 3 rings (SSSR count). The van der Waals surface area contributed by atoms with Gasteiger partial charge in [-0.05, 0) is 37.6 Å². The summed E-state index contributed by atoms with van der Waals surface area (Å²) < 4.78 is 40.2. The highest BCUT2D eigenvalue weighted by atomic mass is 19.4. The van der Waals surface area contributed by atoms with Crippen LogP contribution in [0.3, 0.4) is 0 Å². The highest BCUT2D eigenvalue weighted by molar-refractivity contribution is 5.79. The summed E-state index contributed by atoms with van der Waals surface area (Å²) >= 11 is 0. The molecule has 2 heterocycles. The van der Waals surface area contributed by atoms with Gasteiger partial charge in [-0.1, -0.05) is 6.07 Å². The summed E-state index contributed by atoms with van der Waals surface area (Å²) in [7, 11) is 0. The van der Waals surface area contributed by atoms with Crippen LogP contribution < -0.4 is 11.0 Å². The van der Waals surface area contributed by atoms with E-state index in [0.29, 0.717) is 12.1 Å². The fourth-order valence-corrected chi connectivity index (χ4v) is 2.73. The number of benzene rings is 1. The molecule has 0 radical (unpaired) electrons. The van der Waals surface area contributed by atoms with Crippen molar-refractivity contribution in [2.24, 2.45) is 5.92 Å². The Morgan fingerprint density at radius 2 is 2.15 bits per heavy atom. The van der Waals surface area contributed by atoms with Gasteiger partial charge in [0, 0.05) is 6.54 Å². The lowest BCUT2D eigenvalue weighted by atomic mass is 10.1. The first-order chi connectivity index (χ1) is 9.47. The molecule has 2 aromatic rings. The summed E-state index contributed by atoms with van der Waals surface area (Å²) in [6, 6.07) is 3.87. The molecule has 0 spiro atoms. The molecule has 0 aliphatic carbocycles. The van der Waals surface area contributed by atoms with Crippen LogP contribution in [-0.4, -0.2) is 22.6 Å². The summed E-state index contributed by atoms with van der Waals surface area (Å²) in [5.41, 5.74) is -1.09. The third kappa shape index (κ3) is 2.22. The SMILES string of the molecule is O=c1[nH]c2c(C(F)(F)F)cccc2n1CC1CCNC1. The van der Waals surface area contributed by atoms with E-state index in [2.05, 4.69) is 10.3 Å². The zero-order valence-corrected chi connectivity index (χ0v) is 10.6. The number of nitrogens with zero attached hydrogens (tertiary/aromatic N) is 1. The van der Waals surface area contributed by atoms with E-state index < -0.39 is 17.4 Å². The lowest BCUT2D eigenvalue weighted by Gasteiger charge is -2.10.